The Kier molecular flexibility index (Phi) is 7.55. The van der Waals surface area contributed by atoms with Crippen LogP contribution in [-0.4, -0.2) is 10.9 Å². The average Bonchev–Trinajstić information content (AvgIpc) is 2.27. The van der Waals surface area contributed by atoms with Gasteiger partial charge in [-0.2, -0.15) is 0 Å². The predicted molar refractivity (Wildman–Crippen MR) is 75.2 cm³/mol. The first-order chi connectivity index (χ1) is 7.97. The molecule has 0 atom stereocenters. The topological polar surface area (TPSA) is 54.0 Å². The minimum absolute atomic E-state index is 0. The Hall–Kier alpha value is -1.13. The van der Waals surface area contributed by atoms with Crippen molar-refractivity contribution in [2.75, 3.05) is 0 Å². The van der Waals surface area contributed by atoms with Crippen LogP contribution in [0.1, 0.15) is 39.2 Å². The summed E-state index contributed by atoms with van der Waals surface area (Å²) in [6, 6.07) is 3.83. The molecule has 0 aromatic carbocycles. The number of carbonyl (C=O) groups is 1. The number of hydrazine groups is 1. The number of rotatable bonds is 5. The predicted octanol–water partition coefficient (Wildman–Crippen LogP) is 2.45. The molecule has 2 N–H and O–H groups in total. The fourth-order valence-corrected chi connectivity index (χ4v) is 1.30. The van der Waals surface area contributed by atoms with E-state index in [1.54, 1.807) is 12.4 Å². The maximum Gasteiger partial charge on any atom is 0.234 e. The Morgan fingerprint density at radius 2 is 2.11 bits per heavy atom. The highest BCUT2D eigenvalue weighted by Crippen LogP contribution is 2.19. The number of carbonyl (C=O) groups excluding carboxylic acids is 1. The Bertz CT molecular complexity index is 349. The van der Waals surface area contributed by atoms with Crippen LogP contribution in [0.4, 0.5) is 0 Å². The van der Waals surface area contributed by atoms with Crippen LogP contribution in [0.5, 0.6) is 0 Å². The highest BCUT2D eigenvalue weighted by molar-refractivity contribution is 5.85. The molecule has 1 rings (SSSR count). The molecule has 0 bridgehead atoms. The second-order valence-corrected chi connectivity index (χ2v) is 5.32. The van der Waals surface area contributed by atoms with Crippen molar-refractivity contribution >= 4 is 18.3 Å². The van der Waals surface area contributed by atoms with Gasteiger partial charge in [0.2, 0.25) is 5.91 Å². The Balaban J connectivity index is 0.00000289. The zero-order valence-electron chi connectivity index (χ0n) is 11.2. The summed E-state index contributed by atoms with van der Waals surface area (Å²) >= 11 is 0. The second-order valence-electron chi connectivity index (χ2n) is 5.32. The molecule has 0 aliphatic heterocycles. The molecular formula is C13H22ClN3O. The van der Waals surface area contributed by atoms with E-state index in [-0.39, 0.29) is 23.7 Å². The summed E-state index contributed by atoms with van der Waals surface area (Å²) in [6.45, 7) is 6.98. The van der Waals surface area contributed by atoms with Gasteiger partial charge in [0.25, 0.3) is 0 Å². The van der Waals surface area contributed by atoms with Crippen molar-refractivity contribution in [2.45, 2.75) is 40.2 Å². The summed E-state index contributed by atoms with van der Waals surface area (Å²) in [7, 11) is 0. The molecule has 1 heterocycles. The lowest BCUT2D eigenvalue weighted by atomic mass is 9.90. The normalized spacial score (nSPS) is 10.6. The van der Waals surface area contributed by atoms with Crippen molar-refractivity contribution in [3.63, 3.8) is 0 Å². The SMILES string of the molecule is CC(C)(C)CCC(=O)NNCc1cccnc1.Cl. The van der Waals surface area contributed by atoms with E-state index >= 15 is 0 Å². The van der Waals surface area contributed by atoms with E-state index in [9.17, 15) is 4.79 Å². The second kappa shape index (κ2) is 8.06. The van der Waals surface area contributed by atoms with Crippen LogP contribution in [0.25, 0.3) is 0 Å². The highest BCUT2D eigenvalue weighted by Gasteiger charge is 2.12. The van der Waals surface area contributed by atoms with Crippen LogP contribution in [0, 0.1) is 5.41 Å². The number of pyridine rings is 1. The quantitative estimate of drug-likeness (QED) is 0.809. The third kappa shape index (κ3) is 8.03. The van der Waals surface area contributed by atoms with Gasteiger partial charge < -0.3 is 0 Å². The van der Waals surface area contributed by atoms with E-state index in [1.165, 1.54) is 0 Å². The first kappa shape index (κ1) is 16.9. The summed E-state index contributed by atoms with van der Waals surface area (Å²) in [6.07, 6.45) is 4.93. The Morgan fingerprint density at radius 1 is 1.39 bits per heavy atom. The van der Waals surface area contributed by atoms with Gasteiger partial charge in [0.05, 0.1) is 0 Å². The summed E-state index contributed by atoms with van der Waals surface area (Å²) in [5.74, 6) is 0.0313. The molecule has 0 aliphatic rings. The molecule has 0 saturated heterocycles. The van der Waals surface area contributed by atoms with Crippen LogP contribution < -0.4 is 10.9 Å². The fourth-order valence-electron chi connectivity index (χ4n) is 1.30. The van der Waals surface area contributed by atoms with Crippen LogP contribution in [0.3, 0.4) is 0 Å². The zero-order chi connectivity index (χ0) is 12.7. The van der Waals surface area contributed by atoms with Gasteiger partial charge in [-0.1, -0.05) is 26.8 Å². The average molecular weight is 272 g/mol. The van der Waals surface area contributed by atoms with Gasteiger partial charge in [0, 0.05) is 25.4 Å². The van der Waals surface area contributed by atoms with Crippen molar-refractivity contribution in [3.05, 3.63) is 30.1 Å². The Morgan fingerprint density at radius 3 is 2.67 bits per heavy atom. The van der Waals surface area contributed by atoms with Gasteiger partial charge in [-0.3, -0.25) is 15.2 Å². The third-order valence-electron chi connectivity index (χ3n) is 2.35. The lowest BCUT2D eigenvalue weighted by Gasteiger charge is -2.17. The van der Waals surface area contributed by atoms with Gasteiger partial charge in [0.15, 0.2) is 0 Å². The van der Waals surface area contributed by atoms with Gasteiger partial charge in [-0.25, -0.2) is 5.43 Å². The fraction of sp³-hybridized carbons (Fsp3) is 0.538. The smallest absolute Gasteiger partial charge is 0.234 e. The maximum atomic E-state index is 11.5. The van der Waals surface area contributed by atoms with E-state index in [2.05, 4.69) is 36.6 Å². The standard InChI is InChI=1S/C13H21N3O.ClH/c1-13(2,3)7-6-12(17)16-15-10-11-5-4-8-14-9-11;/h4-5,8-9,15H,6-7,10H2,1-3H3,(H,16,17);1H. The van der Waals surface area contributed by atoms with Crippen LogP contribution in [0.2, 0.25) is 0 Å². The lowest BCUT2D eigenvalue weighted by molar-refractivity contribution is -0.122. The molecule has 0 radical (unpaired) electrons. The number of hydrogen-bond acceptors (Lipinski definition) is 3. The van der Waals surface area contributed by atoms with E-state index in [4.69, 9.17) is 0 Å². The summed E-state index contributed by atoms with van der Waals surface area (Å²) in [4.78, 5) is 15.5. The molecule has 1 amide bonds. The van der Waals surface area contributed by atoms with Gasteiger partial charge >= 0.3 is 0 Å². The molecule has 0 spiro atoms. The first-order valence-corrected chi connectivity index (χ1v) is 5.88. The van der Waals surface area contributed by atoms with E-state index in [0.29, 0.717) is 13.0 Å². The van der Waals surface area contributed by atoms with E-state index < -0.39 is 0 Å². The molecular weight excluding hydrogens is 250 g/mol. The van der Waals surface area contributed by atoms with Crippen LogP contribution in [0.15, 0.2) is 24.5 Å². The maximum absolute atomic E-state index is 11.5. The molecule has 0 aliphatic carbocycles. The van der Waals surface area contributed by atoms with Crippen molar-refractivity contribution in [1.82, 2.24) is 15.8 Å². The number of nitrogens with one attached hydrogen (secondary N) is 2. The van der Waals surface area contributed by atoms with Crippen molar-refractivity contribution in [3.8, 4) is 0 Å². The lowest BCUT2D eigenvalue weighted by Crippen LogP contribution is -2.37. The number of aromatic nitrogens is 1. The van der Waals surface area contributed by atoms with Crippen LogP contribution >= 0.6 is 12.4 Å². The molecule has 5 heteroatoms. The molecule has 0 fully saturated rings. The van der Waals surface area contributed by atoms with Gasteiger partial charge in [-0.05, 0) is 23.5 Å². The molecule has 18 heavy (non-hydrogen) atoms. The summed E-state index contributed by atoms with van der Waals surface area (Å²) in [5.41, 5.74) is 6.83. The number of hydrogen-bond donors (Lipinski definition) is 2. The molecule has 0 saturated carbocycles. The number of amides is 1. The van der Waals surface area contributed by atoms with Gasteiger partial charge in [-0.15, -0.1) is 12.4 Å². The molecule has 1 aromatic heterocycles. The minimum atomic E-state index is 0. The van der Waals surface area contributed by atoms with Crippen molar-refractivity contribution < 1.29 is 4.79 Å². The molecule has 1 aromatic rings. The summed E-state index contributed by atoms with van der Waals surface area (Å²) in [5, 5.41) is 0. The third-order valence-corrected chi connectivity index (χ3v) is 2.35. The number of nitrogens with zero attached hydrogens (tertiary/aromatic N) is 1. The van der Waals surface area contributed by atoms with Gasteiger partial charge in [0.1, 0.15) is 0 Å². The van der Waals surface area contributed by atoms with E-state index in [1.807, 2.05) is 12.1 Å². The highest BCUT2D eigenvalue weighted by atomic mass is 35.5. The minimum Gasteiger partial charge on any atom is -0.291 e. The molecule has 4 nitrogen and oxygen atoms in total. The monoisotopic (exact) mass is 271 g/mol. The largest absolute Gasteiger partial charge is 0.291 e. The van der Waals surface area contributed by atoms with Crippen molar-refractivity contribution in [2.24, 2.45) is 5.41 Å². The first-order valence-electron chi connectivity index (χ1n) is 5.88. The van der Waals surface area contributed by atoms with E-state index in [0.717, 1.165) is 12.0 Å². The summed E-state index contributed by atoms with van der Waals surface area (Å²) < 4.78 is 0. The molecule has 0 unspecified atom stereocenters. The number of halogens is 1. The van der Waals surface area contributed by atoms with Crippen LogP contribution in [-0.2, 0) is 11.3 Å². The van der Waals surface area contributed by atoms with Crippen molar-refractivity contribution in [1.29, 1.82) is 0 Å². The Labute approximate surface area is 115 Å². The molecule has 102 valence electrons. The zero-order valence-corrected chi connectivity index (χ0v) is 12.0.